The number of hydrogen-bond acceptors (Lipinski definition) is 4. The predicted octanol–water partition coefficient (Wildman–Crippen LogP) is 2.80. The lowest BCUT2D eigenvalue weighted by Crippen LogP contribution is -2.25. The molecule has 112 valence electrons. The topological polar surface area (TPSA) is 59.8 Å². The van der Waals surface area contributed by atoms with Gasteiger partial charge in [-0.2, -0.15) is 0 Å². The van der Waals surface area contributed by atoms with E-state index >= 15 is 0 Å². The minimum atomic E-state index is -0.0266. The van der Waals surface area contributed by atoms with Crippen molar-refractivity contribution in [2.24, 2.45) is 0 Å². The Hall–Kier alpha value is -1.21. The maximum absolute atomic E-state index is 12.0. The number of rotatable bonds is 4. The third-order valence-corrected chi connectivity index (χ3v) is 5.24. The average Bonchev–Trinajstić information content (AvgIpc) is 2.99. The minimum absolute atomic E-state index is 0.0266. The molecule has 1 aliphatic rings. The molecule has 0 radical (unpaired) electrons. The lowest BCUT2D eigenvalue weighted by molar-refractivity contribution is 0.0958. The van der Waals surface area contributed by atoms with Gasteiger partial charge in [0.1, 0.15) is 11.6 Å². The van der Waals surface area contributed by atoms with Crippen LogP contribution in [0.2, 0.25) is 0 Å². The van der Waals surface area contributed by atoms with Crippen LogP contribution in [-0.4, -0.2) is 27.2 Å². The second-order valence-electron chi connectivity index (χ2n) is 5.10. The molecule has 1 aliphatic heterocycles. The summed E-state index contributed by atoms with van der Waals surface area (Å²) in [7, 11) is 0. The number of aryl methyl sites for hydroxylation is 1. The van der Waals surface area contributed by atoms with E-state index in [4.69, 9.17) is 0 Å². The van der Waals surface area contributed by atoms with Crippen molar-refractivity contribution < 1.29 is 4.79 Å². The van der Waals surface area contributed by atoms with Crippen LogP contribution in [0.5, 0.6) is 0 Å². The fourth-order valence-electron chi connectivity index (χ4n) is 2.54. The molecule has 0 saturated carbocycles. The lowest BCUT2D eigenvalue weighted by atomic mass is 10.2. The Bertz CT molecular complexity index is 637. The van der Waals surface area contributed by atoms with Crippen LogP contribution in [0.4, 0.5) is 0 Å². The SMILES string of the molecule is O=C(NCCc1nnc2n1CCCCC2)c1ccc(Br)s1. The fourth-order valence-corrected chi connectivity index (χ4v) is 3.84. The second kappa shape index (κ2) is 6.70. The summed E-state index contributed by atoms with van der Waals surface area (Å²) in [5.41, 5.74) is 0. The van der Waals surface area contributed by atoms with Crippen LogP contribution in [0.3, 0.4) is 0 Å². The van der Waals surface area contributed by atoms with E-state index in [1.807, 2.05) is 12.1 Å². The third kappa shape index (κ3) is 3.52. The molecule has 1 amide bonds. The Labute approximate surface area is 135 Å². The number of fused-ring (bicyclic) bond motifs is 1. The number of carbonyl (C=O) groups excluding carboxylic acids is 1. The smallest absolute Gasteiger partial charge is 0.261 e. The van der Waals surface area contributed by atoms with Gasteiger partial charge in [0, 0.05) is 25.9 Å². The second-order valence-corrected chi connectivity index (χ2v) is 7.57. The number of hydrogen-bond donors (Lipinski definition) is 1. The van der Waals surface area contributed by atoms with Crippen LogP contribution in [0.25, 0.3) is 0 Å². The van der Waals surface area contributed by atoms with Gasteiger partial charge in [0.2, 0.25) is 0 Å². The molecule has 2 aromatic rings. The number of carbonyl (C=O) groups is 1. The molecule has 2 aromatic heterocycles. The van der Waals surface area contributed by atoms with Gasteiger partial charge in [0.15, 0.2) is 0 Å². The van der Waals surface area contributed by atoms with Gasteiger partial charge in [-0.15, -0.1) is 21.5 Å². The van der Waals surface area contributed by atoms with Gasteiger partial charge in [0.05, 0.1) is 8.66 Å². The number of aromatic nitrogens is 3. The molecule has 0 fully saturated rings. The molecule has 0 aliphatic carbocycles. The molecule has 0 unspecified atom stereocenters. The van der Waals surface area contributed by atoms with Gasteiger partial charge in [0.25, 0.3) is 5.91 Å². The highest BCUT2D eigenvalue weighted by atomic mass is 79.9. The summed E-state index contributed by atoms with van der Waals surface area (Å²) in [6.07, 6.45) is 5.39. The summed E-state index contributed by atoms with van der Waals surface area (Å²) in [6, 6.07) is 3.71. The number of nitrogens with one attached hydrogen (secondary N) is 1. The van der Waals surface area contributed by atoms with E-state index < -0.39 is 0 Å². The normalized spacial score (nSPS) is 14.5. The van der Waals surface area contributed by atoms with E-state index in [-0.39, 0.29) is 5.91 Å². The Balaban J connectivity index is 1.56. The summed E-state index contributed by atoms with van der Waals surface area (Å²) in [6.45, 7) is 1.59. The molecule has 0 aromatic carbocycles. The van der Waals surface area contributed by atoms with Crippen molar-refractivity contribution in [1.82, 2.24) is 20.1 Å². The molecule has 0 spiro atoms. The summed E-state index contributed by atoms with van der Waals surface area (Å²) in [4.78, 5) is 12.7. The first kappa shape index (κ1) is 14.7. The number of thiophene rings is 1. The summed E-state index contributed by atoms with van der Waals surface area (Å²) in [5.74, 6) is 2.05. The van der Waals surface area contributed by atoms with E-state index in [9.17, 15) is 4.79 Å². The van der Waals surface area contributed by atoms with Crippen LogP contribution in [0.1, 0.15) is 40.6 Å². The van der Waals surface area contributed by atoms with Crippen molar-refractivity contribution in [3.63, 3.8) is 0 Å². The zero-order valence-electron chi connectivity index (χ0n) is 11.6. The predicted molar refractivity (Wildman–Crippen MR) is 85.6 cm³/mol. The molecule has 0 atom stereocenters. The average molecular weight is 369 g/mol. The van der Waals surface area contributed by atoms with Gasteiger partial charge in [-0.05, 0) is 40.9 Å². The lowest BCUT2D eigenvalue weighted by Gasteiger charge is -2.07. The molecule has 1 N–H and O–H groups in total. The molecule has 3 rings (SSSR count). The Morgan fingerprint density at radius 1 is 1.33 bits per heavy atom. The summed E-state index contributed by atoms with van der Waals surface area (Å²) >= 11 is 4.81. The largest absolute Gasteiger partial charge is 0.351 e. The summed E-state index contributed by atoms with van der Waals surface area (Å²) < 4.78 is 3.19. The van der Waals surface area contributed by atoms with Gasteiger partial charge >= 0.3 is 0 Å². The van der Waals surface area contributed by atoms with Crippen LogP contribution in [0.15, 0.2) is 15.9 Å². The zero-order chi connectivity index (χ0) is 14.7. The monoisotopic (exact) mass is 368 g/mol. The van der Waals surface area contributed by atoms with Crippen LogP contribution in [0, 0.1) is 0 Å². The molecule has 7 heteroatoms. The maximum Gasteiger partial charge on any atom is 0.261 e. The first-order valence-corrected chi connectivity index (χ1v) is 8.79. The van der Waals surface area contributed by atoms with Crippen molar-refractivity contribution in [1.29, 1.82) is 0 Å². The Morgan fingerprint density at radius 2 is 2.24 bits per heavy atom. The van der Waals surface area contributed by atoms with Gasteiger partial charge in [-0.3, -0.25) is 4.79 Å². The van der Waals surface area contributed by atoms with E-state index in [0.29, 0.717) is 6.54 Å². The fraction of sp³-hybridized carbons (Fsp3) is 0.500. The van der Waals surface area contributed by atoms with Crippen molar-refractivity contribution in [3.8, 4) is 0 Å². The highest BCUT2D eigenvalue weighted by Gasteiger charge is 2.15. The number of amides is 1. The van der Waals surface area contributed by atoms with E-state index in [1.54, 1.807) is 0 Å². The molecule has 5 nitrogen and oxygen atoms in total. The third-order valence-electron chi connectivity index (χ3n) is 3.62. The van der Waals surface area contributed by atoms with E-state index in [2.05, 4.69) is 36.0 Å². The number of nitrogens with zero attached hydrogens (tertiary/aromatic N) is 3. The van der Waals surface area contributed by atoms with Crippen LogP contribution >= 0.6 is 27.3 Å². The molecular weight excluding hydrogens is 352 g/mol. The molecule has 0 bridgehead atoms. The Morgan fingerprint density at radius 3 is 3.05 bits per heavy atom. The number of halogens is 1. The van der Waals surface area contributed by atoms with E-state index in [1.165, 1.54) is 30.6 Å². The van der Waals surface area contributed by atoms with Gasteiger partial charge in [-0.1, -0.05) is 6.42 Å². The van der Waals surface area contributed by atoms with Crippen molar-refractivity contribution in [2.45, 2.75) is 38.6 Å². The Kier molecular flexibility index (Phi) is 4.70. The van der Waals surface area contributed by atoms with Crippen molar-refractivity contribution in [3.05, 3.63) is 32.4 Å². The maximum atomic E-state index is 12.0. The highest BCUT2D eigenvalue weighted by molar-refractivity contribution is 9.11. The van der Waals surface area contributed by atoms with Gasteiger partial charge in [-0.25, -0.2) is 0 Å². The zero-order valence-corrected chi connectivity index (χ0v) is 14.0. The first-order chi connectivity index (χ1) is 10.2. The molecule has 3 heterocycles. The van der Waals surface area contributed by atoms with Crippen molar-refractivity contribution >= 4 is 33.2 Å². The van der Waals surface area contributed by atoms with Crippen LogP contribution < -0.4 is 5.32 Å². The standard InChI is InChI=1S/C14H17BrN4OS/c15-11-6-5-10(21-11)14(20)16-8-7-13-18-17-12-4-2-1-3-9-19(12)13/h5-6H,1-4,7-9H2,(H,16,20). The molecular formula is C14H17BrN4OS. The highest BCUT2D eigenvalue weighted by Crippen LogP contribution is 2.21. The molecule has 0 saturated heterocycles. The molecule has 21 heavy (non-hydrogen) atoms. The van der Waals surface area contributed by atoms with Crippen molar-refractivity contribution in [2.75, 3.05) is 6.54 Å². The minimum Gasteiger partial charge on any atom is -0.351 e. The quantitative estimate of drug-likeness (QED) is 0.902. The first-order valence-electron chi connectivity index (χ1n) is 7.18. The van der Waals surface area contributed by atoms with Crippen LogP contribution in [-0.2, 0) is 19.4 Å². The van der Waals surface area contributed by atoms with Gasteiger partial charge < -0.3 is 9.88 Å². The van der Waals surface area contributed by atoms with E-state index in [0.717, 1.165) is 39.7 Å². The summed E-state index contributed by atoms with van der Waals surface area (Å²) in [5, 5.41) is 11.5.